The molecule has 0 radical (unpaired) electrons. The molecule has 2 aromatic heterocycles. The van der Waals surface area contributed by atoms with Crippen LogP contribution < -0.4 is 5.32 Å². The second kappa shape index (κ2) is 5.75. The van der Waals surface area contributed by atoms with Crippen molar-refractivity contribution in [2.75, 3.05) is 5.32 Å². The summed E-state index contributed by atoms with van der Waals surface area (Å²) >= 11 is 1.29. The van der Waals surface area contributed by atoms with Gasteiger partial charge in [-0.15, -0.1) is 21.5 Å². The zero-order chi connectivity index (χ0) is 14.7. The summed E-state index contributed by atoms with van der Waals surface area (Å²) in [4.78, 5) is 16.0. The van der Waals surface area contributed by atoms with Crippen LogP contribution in [0.15, 0.2) is 29.6 Å². The summed E-state index contributed by atoms with van der Waals surface area (Å²) in [6.45, 7) is 0. The minimum Gasteiger partial charge on any atom is -0.302 e. The van der Waals surface area contributed by atoms with Crippen LogP contribution in [-0.4, -0.2) is 31.5 Å². The van der Waals surface area contributed by atoms with Gasteiger partial charge in [0.2, 0.25) is 5.91 Å². The summed E-state index contributed by atoms with van der Waals surface area (Å²) < 4.78 is 12.9. The molecule has 2 N–H and O–H groups in total. The van der Waals surface area contributed by atoms with Gasteiger partial charge in [0, 0.05) is 10.9 Å². The molecule has 3 rings (SSSR count). The Balaban J connectivity index is 1.67. The van der Waals surface area contributed by atoms with Crippen molar-refractivity contribution in [3.63, 3.8) is 0 Å². The van der Waals surface area contributed by atoms with Crippen molar-refractivity contribution < 1.29 is 9.18 Å². The fourth-order valence-electron chi connectivity index (χ4n) is 1.65. The van der Waals surface area contributed by atoms with Gasteiger partial charge in [0.1, 0.15) is 5.82 Å². The molecule has 0 spiro atoms. The maximum atomic E-state index is 12.9. The molecule has 7 nitrogen and oxygen atoms in total. The second-order valence-electron chi connectivity index (χ2n) is 4.10. The Morgan fingerprint density at radius 1 is 1.33 bits per heavy atom. The molecule has 0 saturated heterocycles. The topological polar surface area (TPSA) is 96.5 Å². The lowest BCUT2D eigenvalue weighted by Gasteiger charge is -1.98. The molecule has 3 aromatic rings. The van der Waals surface area contributed by atoms with E-state index in [4.69, 9.17) is 0 Å². The molecule has 0 saturated carbocycles. The van der Waals surface area contributed by atoms with Gasteiger partial charge >= 0.3 is 0 Å². The fraction of sp³-hybridized carbons (Fsp3) is 0.0833. The number of nitrogens with one attached hydrogen (secondary N) is 2. The van der Waals surface area contributed by atoms with E-state index in [1.54, 1.807) is 17.5 Å². The summed E-state index contributed by atoms with van der Waals surface area (Å²) in [5, 5.41) is 17.9. The molecule has 9 heteroatoms. The maximum Gasteiger partial charge on any atom is 0.233 e. The monoisotopic (exact) mass is 304 g/mol. The summed E-state index contributed by atoms with van der Waals surface area (Å²) in [5.41, 5.74) is 1.46. The van der Waals surface area contributed by atoms with E-state index in [0.29, 0.717) is 16.6 Å². The number of aromatic amines is 1. The van der Waals surface area contributed by atoms with Crippen molar-refractivity contribution in [3.8, 4) is 11.3 Å². The van der Waals surface area contributed by atoms with Crippen molar-refractivity contribution in [1.82, 2.24) is 25.6 Å². The molecule has 0 aliphatic rings. The molecular formula is C12H9FN6OS. The first-order chi connectivity index (χ1) is 10.2. The molecule has 21 heavy (non-hydrogen) atoms. The SMILES string of the molecule is O=C(Cc1nn[nH]n1)Nc1nc(-c2ccc(F)cc2)cs1. The second-order valence-corrected chi connectivity index (χ2v) is 4.96. The van der Waals surface area contributed by atoms with Crippen LogP contribution in [0.1, 0.15) is 5.82 Å². The molecule has 0 atom stereocenters. The number of carbonyl (C=O) groups is 1. The number of H-pyrrole nitrogens is 1. The van der Waals surface area contributed by atoms with E-state index in [0.717, 1.165) is 5.56 Å². The predicted octanol–water partition coefficient (Wildman–Crippen LogP) is 1.64. The average molecular weight is 304 g/mol. The number of benzene rings is 1. The lowest BCUT2D eigenvalue weighted by atomic mass is 10.2. The number of carbonyl (C=O) groups excluding carboxylic acids is 1. The summed E-state index contributed by atoms with van der Waals surface area (Å²) in [7, 11) is 0. The number of thiazole rings is 1. The lowest BCUT2D eigenvalue weighted by Crippen LogP contribution is -2.15. The molecule has 2 heterocycles. The Bertz CT molecular complexity index is 739. The van der Waals surface area contributed by atoms with Crippen LogP contribution in [0.5, 0.6) is 0 Å². The van der Waals surface area contributed by atoms with Gasteiger partial charge < -0.3 is 5.32 Å². The van der Waals surface area contributed by atoms with E-state index in [9.17, 15) is 9.18 Å². The number of hydrogen-bond acceptors (Lipinski definition) is 6. The van der Waals surface area contributed by atoms with Gasteiger partial charge in [-0.3, -0.25) is 4.79 Å². The van der Waals surface area contributed by atoms with E-state index in [1.165, 1.54) is 23.5 Å². The number of halogens is 1. The first kappa shape index (κ1) is 13.3. The quantitative estimate of drug-likeness (QED) is 0.764. The molecule has 0 aliphatic heterocycles. The number of nitrogens with zero attached hydrogens (tertiary/aromatic N) is 4. The van der Waals surface area contributed by atoms with Crippen molar-refractivity contribution in [3.05, 3.63) is 41.3 Å². The lowest BCUT2D eigenvalue weighted by molar-refractivity contribution is -0.115. The maximum absolute atomic E-state index is 12.9. The molecule has 0 aliphatic carbocycles. The number of hydrogen-bond donors (Lipinski definition) is 2. The van der Waals surface area contributed by atoms with E-state index in [1.807, 2.05) is 0 Å². The standard InChI is InChI=1S/C12H9FN6OS/c13-8-3-1-7(2-4-8)9-6-21-12(14-9)15-11(20)5-10-16-18-19-17-10/h1-4,6H,5H2,(H,14,15,20)(H,16,17,18,19). The predicted molar refractivity (Wildman–Crippen MR) is 74.0 cm³/mol. The van der Waals surface area contributed by atoms with Crippen molar-refractivity contribution in [1.29, 1.82) is 0 Å². The van der Waals surface area contributed by atoms with Gasteiger partial charge in [-0.1, -0.05) is 5.21 Å². The summed E-state index contributed by atoms with van der Waals surface area (Å²) in [6.07, 6.45) is 0.0158. The molecule has 0 bridgehead atoms. The van der Waals surface area contributed by atoms with Gasteiger partial charge in [0.05, 0.1) is 12.1 Å². The highest BCUT2D eigenvalue weighted by Gasteiger charge is 2.11. The molecule has 1 aromatic carbocycles. The highest BCUT2D eigenvalue weighted by Crippen LogP contribution is 2.25. The first-order valence-electron chi connectivity index (χ1n) is 5.94. The Morgan fingerprint density at radius 3 is 2.86 bits per heavy atom. The van der Waals surface area contributed by atoms with E-state index < -0.39 is 0 Å². The zero-order valence-electron chi connectivity index (χ0n) is 10.6. The molecule has 1 amide bonds. The Labute approximate surface area is 122 Å². The fourth-order valence-corrected chi connectivity index (χ4v) is 2.38. The van der Waals surface area contributed by atoms with Crippen LogP contribution >= 0.6 is 11.3 Å². The van der Waals surface area contributed by atoms with Crippen LogP contribution in [0.3, 0.4) is 0 Å². The highest BCUT2D eigenvalue weighted by molar-refractivity contribution is 7.14. The van der Waals surface area contributed by atoms with Gasteiger partial charge in [0.25, 0.3) is 0 Å². The minimum absolute atomic E-state index is 0.0158. The van der Waals surface area contributed by atoms with Crippen LogP contribution in [0.4, 0.5) is 9.52 Å². The zero-order valence-corrected chi connectivity index (χ0v) is 11.4. The Morgan fingerprint density at radius 2 is 2.14 bits per heavy atom. The minimum atomic E-state index is -0.303. The summed E-state index contributed by atoms with van der Waals surface area (Å²) in [5.74, 6) is -0.276. The Kier molecular flexibility index (Phi) is 3.65. The van der Waals surface area contributed by atoms with Crippen molar-refractivity contribution >= 4 is 22.4 Å². The van der Waals surface area contributed by atoms with E-state index in [2.05, 4.69) is 30.9 Å². The molecule has 0 fully saturated rings. The normalized spacial score (nSPS) is 10.5. The van der Waals surface area contributed by atoms with Gasteiger partial charge in [-0.25, -0.2) is 9.37 Å². The largest absolute Gasteiger partial charge is 0.302 e. The number of anilines is 1. The third-order valence-corrected chi connectivity index (χ3v) is 3.36. The van der Waals surface area contributed by atoms with E-state index >= 15 is 0 Å². The highest BCUT2D eigenvalue weighted by atomic mass is 32.1. The van der Waals surface area contributed by atoms with Crippen LogP contribution in [0.2, 0.25) is 0 Å². The summed E-state index contributed by atoms with van der Waals surface area (Å²) in [6, 6.07) is 6.00. The van der Waals surface area contributed by atoms with E-state index in [-0.39, 0.29) is 18.1 Å². The number of tetrazole rings is 1. The van der Waals surface area contributed by atoms with Gasteiger partial charge in [0.15, 0.2) is 11.0 Å². The number of aromatic nitrogens is 5. The Hall–Kier alpha value is -2.68. The van der Waals surface area contributed by atoms with Gasteiger partial charge in [-0.05, 0) is 24.3 Å². The number of amides is 1. The van der Waals surface area contributed by atoms with Crippen LogP contribution in [0.25, 0.3) is 11.3 Å². The average Bonchev–Trinajstić information content (AvgIpc) is 3.11. The molecular weight excluding hydrogens is 295 g/mol. The molecule has 106 valence electrons. The first-order valence-corrected chi connectivity index (χ1v) is 6.82. The van der Waals surface area contributed by atoms with Gasteiger partial charge in [-0.2, -0.15) is 5.21 Å². The van der Waals surface area contributed by atoms with Crippen LogP contribution in [0, 0.1) is 5.82 Å². The van der Waals surface area contributed by atoms with Crippen molar-refractivity contribution in [2.24, 2.45) is 0 Å². The smallest absolute Gasteiger partial charge is 0.233 e. The third kappa shape index (κ3) is 3.26. The third-order valence-electron chi connectivity index (χ3n) is 2.60. The molecule has 0 unspecified atom stereocenters. The van der Waals surface area contributed by atoms with Crippen molar-refractivity contribution in [2.45, 2.75) is 6.42 Å². The number of rotatable bonds is 4. The van der Waals surface area contributed by atoms with Crippen LogP contribution in [-0.2, 0) is 11.2 Å².